The lowest BCUT2D eigenvalue weighted by atomic mass is 10.2. The lowest BCUT2D eigenvalue weighted by Gasteiger charge is -2.23. The molecule has 4 rings (SSSR count). The molecule has 0 saturated heterocycles. The van der Waals surface area contributed by atoms with Gasteiger partial charge in [-0.25, -0.2) is 4.98 Å². The maximum absolute atomic E-state index is 12.8. The van der Waals surface area contributed by atoms with Gasteiger partial charge in [0.2, 0.25) is 0 Å². The first-order valence-corrected chi connectivity index (χ1v) is 10.5. The van der Waals surface area contributed by atoms with Crippen LogP contribution in [0.2, 0.25) is 0 Å². The number of thiazole rings is 1. The van der Waals surface area contributed by atoms with Gasteiger partial charge in [-0.05, 0) is 37.3 Å². The topological polar surface area (TPSA) is 80.3 Å². The molecule has 2 heterocycles. The quantitative estimate of drug-likeness (QED) is 0.608. The molecular formula is C20H17N3O3S2. The maximum atomic E-state index is 12.8. The number of aromatic nitrogens is 1. The van der Waals surface area contributed by atoms with E-state index in [4.69, 9.17) is 4.74 Å². The number of nitrogens with zero attached hydrogens (tertiary/aromatic N) is 1. The molecule has 1 aliphatic rings. The molecule has 2 aromatic carbocycles. The zero-order valence-electron chi connectivity index (χ0n) is 15.0. The number of ether oxygens (including phenoxy) is 1. The smallest absolute Gasteiger partial charge is 0.265 e. The van der Waals surface area contributed by atoms with E-state index in [1.54, 1.807) is 59.8 Å². The Bertz CT molecular complexity index is 1020. The first-order chi connectivity index (χ1) is 13.6. The van der Waals surface area contributed by atoms with Gasteiger partial charge >= 0.3 is 0 Å². The van der Waals surface area contributed by atoms with E-state index in [-0.39, 0.29) is 11.8 Å². The Balaban J connectivity index is 1.50. The molecular weight excluding hydrogens is 394 g/mol. The minimum atomic E-state index is -0.533. The number of amides is 2. The standard InChI is InChI=1S/C20H17N3O3S2/c1-12-19(24)23-16-8-13(6-7-17(16)26-12)22-20(25)15-4-2-3-5-18(15)28-10-14-9-27-11-21-14/h2-9,11-12H,10H2,1H3,(H,22,25)(H,23,24). The van der Waals surface area contributed by atoms with E-state index in [2.05, 4.69) is 15.6 Å². The van der Waals surface area contributed by atoms with Crippen molar-refractivity contribution in [3.63, 3.8) is 0 Å². The molecule has 1 unspecified atom stereocenters. The number of fused-ring (bicyclic) bond motifs is 1. The summed E-state index contributed by atoms with van der Waals surface area (Å²) >= 11 is 3.13. The van der Waals surface area contributed by atoms with Crippen molar-refractivity contribution in [1.29, 1.82) is 0 Å². The second kappa shape index (κ2) is 8.04. The number of hydrogen-bond acceptors (Lipinski definition) is 6. The lowest BCUT2D eigenvalue weighted by Crippen LogP contribution is -2.34. The van der Waals surface area contributed by atoms with Gasteiger partial charge in [0.1, 0.15) is 5.75 Å². The van der Waals surface area contributed by atoms with Crippen molar-refractivity contribution >= 4 is 46.3 Å². The van der Waals surface area contributed by atoms with Crippen LogP contribution in [0.15, 0.2) is 58.3 Å². The van der Waals surface area contributed by atoms with Gasteiger partial charge in [0.15, 0.2) is 6.10 Å². The largest absolute Gasteiger partial charge is 0.479 e. The van der Waals surface area contributed by atoms with Crippen LogP contribution >= 0.6 is 23.1 Å². The van der Waals surface area contributed by atoms with E-state index < -0.39 is 6.10 Å². The molecule has 28 heavy (non-hydrogen) atoms. The zero-order chi connectivity index (χ0) is 19.5. The van der Waals surface area contributed by atoms with Crippen LogP contribution in [0.1, 0.15) is 23.0 Å². The second-order valence-electron chi connectivity index (χ2n) is 6.18. The predicted octanol–water partition coefficient (Wildman–Crippen LogP) is 4.41. The van der Waals surface area contributed by atoms with Gasteiger partial charge in [-0.1, -0.05) is 12.1 Å². The number of carbonyl (C=O) groups is 2. The summed E-state index contributed by atoms with van der Waals surface area (Å²) in [4.78, 5) is 29.8. The molecule has 6 nitrogen and oxygen atoms in total. The normalized spacial score (nSPS) is 15.3. The number of nitrogens with one attached hydrogen (secondary N) is 2. The number of anilines is 2. The fourth-order valence-electron chi connectivity index (χ4n) is 2.73. The number of thioether (sulfide) groups is 1. The van der Waals surface area contributed by atoms with Crippen LogP contribution in [0.4, 0.5) is 11.4 Å². The summed E-state index contributed by atoms with van der Waals surface area (Å²) in [6, 6.07) is 12.7. The molecule has 0 radical (unpaired) electrons. The molecule has 0 bridgehead atoms. The Labute approximate surface area is 170 Å². The SMILES string of the molecule is CC1Oc2ccc(NC(=O)c3ccccc3SCc3cscn3)cc2NC1=O. The monoisotopic (exact) mass is 411 g/mol. The molecule has 2 amide bonds. The minimum absolute atomic E-state index is 0.209. The highest BCUT2D eigenvalue weighted by atomic mass is 32.2. The van der Waals surface area contributed by atoms with Gasteiger partial charge in [0.05, 0.1) is 22.5 Å². The summed E-state index contributed by atoms with van der Waals surface area (Å²) in [5.74, 6) is 0.871. The summed E-state index contributed by atoms with van der Waals surface area (Å²) in [7, 11) is 0. The van der Waals surface area contributed by atoms with Crippen LogP contribution in [0.5, 0.6) is 5.75 Å². The maximum Gasteiger partial charge on any atom is 0.265 e. The molecule has 1 atom stereocenters. The third-order valence-electron chi connectivity index (χ3n) is 4.16. The molecule has 1 aromatic heterocycles. The summed E-state index contributed by atoms with van der Waals surface area (Å²) in [6.45, 7) is 1.69. The second-order valence-corrected chi connectivity index (χ2v) is 7.91. The highest BCUT2D eigenvalue weighted by Crippen LogP contribution is 2.33. The van der Waals surface area contributed by atoms with E-state index in [9.17, 15) is 9.59 Å². The average molecular weight is 412 g/mol. The predicted molar refractivity (Wildman–Crippen MR) is 111 cm³/mol. The van der Waals surface area contributed by atoms with Gasteiger partial charge < -0.3 is 15.4 Å². The number of rotatable bonds is 5. The van der Waals surface area contributed by atoms with Crippen molar-refractivity contribution in [3.8, 4) is 5.75 Å². The third kappa shape index (κ3) is 4.02. The molecule has 0 fully saturated rings. The molecule has 0 aliphatic carbocycles. The van der Waals surface area contributed by atoms with Crippen molar-refractivity contribution in [2.45, 2.75) is 23.7 Å². The first kappa shape index (κ1) is 18.5. The van der Waals surface area contributed by atoms with Crippen molar-refractivity contribution in [1.82, 2.24) is 4.98 Å². The Morgan fingerprint density at radius 2 is 2.18 bits per heavy atom. The van der Waals surface area contributed by atoms with Crippen molar-refractivity contribution < 1.29 is 14.3 Å². The first-order valence-electron chi connectivity index (χ1n) is 8.62. The van der Waals surface area contributed by atoms with E-state index in [0.29, 0.717) is 28.4 Å². The highest BCUT2D eigenvalue weighted by molar-refractivity contribution is 7.98. The fraction of sp³-hybridized carbons (Fsp3) is 0.150. The van der Waals surface area contributed by atoms with Crippen molar-refractivity contribution in [2.24, 2.45) is 0 Å². The van der Waals surface area contributed by atoms with Crippen molar-refractivity contribution in [3.05, 3.63) is 64.6 Å². The van der Waals surface area contributed by atoms with E-state index in [0.717, 1.165) is 10.6 Å². The van der Waals surface area contributed by atoms with Gasteiger partial charge in [0.25, 0.3) is 11.8 Å². The summed E-state index contributed by atoms with van der Waals surface area (Å²) in [6.07, 6.45) is -0.533. The van der Waals surface area contributed by atoms with Crippen LogP contribution < -0.4 is 15.4 Å². The van der Waals surface area contributed by atoms with Gasteiger partial charge in [-0.15, -0.1) is 23.1 Å². The van der Waals surface area contributed by atoms with Gasteiger partial charge in [-0.3, -0.25) is 9.59 Å². The van der Waals surface area contributed by atoms with Crippen molar-refractivity contribution in [2.75, 3.05) is 10.6 Å². The minimum Gasteiger partial charge on any atom is -0.479 e. The van der Waals surface area contributed by atoms with E-state index >= 15 is 0 Å². The lowest BCUT2D eigenvalue weighted by molar-refractivity contribution is -0.122. The average Bonchev–Trinajstić information content (AvgIpc) is 3.21. The number of hydrogen-bond donors (Lipinski definition) is 2. The zero-order valence-corrected chi connectivity index (χ0v) is 16.6. The highest BCUT2D eigenvalue weighted by Gasteiger charge is 2.23. The van der Waals surface area contributed by atoms with Crippen LogP contribution in [-0.4, -0.2) is 22.9 Å². The summed E-state index contributed by atoms with van der Waals surface area (Å²) in [5.41, 5.74) is 4.52. The molecule has 0 spiro atoms. The molecule has 142 valence electrons. The van der Waals surface area contributed by atoms with Gasteiger partial charge in [-0.2, -0.15) is 0 Å². The van der Waals surface area contributed by atoms with Crippen LogP contribution in [0, 0.1) is 0 Å². The fourth-order valence-corrected chi connectivity index (χ4v) is 4.34. The van der Waals surface area contributed by atoms with E-state index in [1.165, 1.54) is 0 Å². The Morgan fingerprint density at radius 3 is 3.00 bits per heavy atom. The molecule has 1 aliphatic heterocycles. The van der Waals surface area contributed by atoms with Crippen LogP contribution in [0.3, 0.4) is 0 Å². The van der Waals surface area contributed by atoms with E-state index in [1.807, 2.05) is 23.6 Å². The molecule has 0 saturated carbocycles. The molecule has 2 N–H and O–H groups in total. The number of carbonyl (C=O) groups excluding carboxylic acids is 2. The Kier molecular flexibility index (Phi) is 5.31. The Morgan fingerprint density at radius 1 is 1.32 bits per heavy atom. The summed E-state index contributed by atoms with van der Waals surface area (Å²) in [5, 5.41) is 7.68. The van der Waals surface area contributed by atoms with Crippen LogP contribution in [0.25, 0.3) is 0 Å². The Hall–Kier alpha value is -2.84. The van der Waals surface area contributed by atoms with Crippen LogP contribution in [-0.2, 0) is 10.5 Å². The number of benzene rings is 2. The molecule has 3 aromatic rings. The molecule has 8 heteroatoms. The third-order valence-corrected chi connectivity index (χ3v) is 5.90. The van der Waals surface area contributed by atoms with Gasteiger partial charge in [0, 0.05) is 21.7 Å². The summed E-state index contributed by atoms with van der Waals surface area (Å²) < 4.78 is 5.54.